The van der Waals surface area contributed by atoms with Gasteiger partial charge in [0.15, 0.2) is 0 Å². The van der Waals surface area contributed by atoms with Crippen LogP contribution in [0.3, 0.4) is 0 Å². The summed E-state index contributed by atoms with van der Waals surface area (Å²) in [5.74, 6) is 0. The lowest BCUT2D eigenvalue weighted by atomic mass is 10.2. The van der Waals surface area contributed by atoms with Gasteiger partial charge in [0.25, 0.3) is 0 Å². The highest BCUT2D eigenvalue weighted by Gasteiger charge is 1.81. The van der Waals surface area contributed by atoms with Crippen LogP contribution >= 0.6 is 0 Å². The first-order valence-corrected chi connectivity index (χ1v) is 3.87. The van der Waals surface area contributed by atoms with Crippen molar-refractivity contribution in [2.24, 2.45) is 0 Å². The Bertz CT molecular complexity index is 149. The van der Waals surface area contributed by atoms with Crippen molar-refractivity contribution >= 4 is 0 Å². The first-order valence-electron chi connectivity index (χ1n) is 3.87. The van der Waals surface area contributed by atoms with Crippen LogP contribution in [0.1, 0.15) is 25.7 Å². The van der Waals surface area contributed by atoms with Gasteiger partial charge < -0.3 is 0 Å². The van der Waals surface area contributed by atoms with Crippen molar-refractivity contribution in [3.05, 3.63) is 36.5 Å². The Kier molecular flexibility index (Phi) is 3.69. The molecular weight excluding hydrogens is 120 g/mol. The molecule has 10 heavy (non-hydrogen) atoms. The molecule has 0 heterocycles. The molecule has 0 aromatic heterocycles. The average Bonchev–Trinajstić information content (AvgIpc) is 2.01. The van der Waals surface area contributed by atoms with Crippen molar-refractivity contribution < 1.29 is 0 Å². The van der Waals surface area contributed by atoms with Crippen LogP contribution in [0, 0.1) is 6.08 Å². The highest BCUT2D eigenvalue weighted by molar-refractivity contribution is 5.02. The molecule has 0 atom stereocenters. The molecule has 0 aliphatic heterocycles. The summed E-state index contributed by atoms with van der Waals surface area (Å²) in [7, 11) is 0. The summed E-state index contributed by atoms with van der Waals surface area (Å²) in [5, 5.41) is 0. The largest absolute Gasteiger partial charge is 0.0882 e. The Hall–Kier alpha value is -0.780. The maximum atomic E-state index is 3.16. The van der Waals surface area contributed by atoms with Crippen LogP contribution < -0.4 is 0 Å². The summed E-state index contributed by atoms with van der Waals surface area (Å²) in [6.45, 7) is 0. The van der Waals surface area contributed by atoms with Gasteiger partial charge in [-0.1, -0.05) is 30.4 Å². The second kappa shape index (κ2) is 5.04. The molecule has 1 radical (unpaired) electrons. The third kappa shape index (κ3) is 3.29. The molecule has 0 aromatic rings. The Morgan fingerprint density at radius 3 is 2.90 bits per heavy atom. The molecule has 1 aliphatic carbocycles. The van der Waals surface area contributed by atoms with Crippen molar-refractivity contribution in [1.29, 1.82) is 0 Å². The van der Waals surface area contributed by atoms with E-state index in [4.69, 9.17) is 0 Å². The Labute approximate surface area is 62.9 Å². The van der Waals surface area contributed by atoms with Crippen molar-refractivity contribution in [3.63, 3.8) is 0 Å². The van der Waals surface area contributed by atoms with Crippen LogP contribution in [-0.2, 0) is 0 Å². The molecule has 0 nitrogen and oxygen atoms in total. The zero-order valence-electron chi connectivity index (χ0n) is 6.22. The van der Waals surface area contributed by atoms with Crippen molar-refractivity contribution in [3.8, 4) is 0 Å². The van der Waals surface area contributed by atoms with Crippen LogP contribution in [-0.4, -0.2) is 0 Å². The molecule has 0 saturated carbocycles. The molecule has 0 spiro atoms. The lowest BCUT2D eigenvalue weighted by Crippen LogP contribution is -1.71. The van der Waals surface area contributed by atoms with Gasteiger partial charge in [-0.05, 0) is 31.8 Å². The van der Waals surface area contributed by atoms with E-state index in [1.54, 1.807) is 0 Å². The molecular formula is C10H13. The summed E-state index contributed by atoms with van der Waals surface area (Å²) in [5.41, 5.74) is 0. The van der Waals surface area contributed by atoms with E-state index in [-0.39, 0.29) is 0 Å². The first-order chi connectivity index (χ1) is 5.00. The van der Waals surface area contributed by atoms with Crippen LogP contribution in [0.2, 0.25) is 0 Å². The monoisotopic (exact) mass is 133 g/mol. The number of rotatable bonds is 0. The van der Waals surface area contributed by atoms with E-state index >= 15 is 0 Å². The van der Waals surface area contributed by atoms with Gasteiger partial charge in [0, 0.05) is 0 Å². The van der Waals surface area contributed by atoms with Crippen molar-refractivity contribution in [2.75, 3.05) is 0 Å². The van der Waals surface area contributed by atoms with Gasteiger partial charge in [-0.3, -0.25) is 0 Å². The quantitative estimate of drug-likeness (QED) is 0.445. The Morgan fingerprint density at radius 1 is 1.00 bits per heavy atom. The molecule has 0 N–H and O–H groups in total. The van der Waals surface area contributed by atoms with E-state index in [1.807, 2.05) is 6.08 Å². The zero-order chi connectivity index (χ0) is 7.07. The van der Waals surface area contributed by atoms with Gasteiger partial charge in [-0.25, -0.2) is 0 Å². The molecule has 0 bridgehead atoms. The van der Waals surface area contributed by atoms with Crippen molar-refractivity contribution in [1.82, 2.24) is 0 Å². The molecule has 0 fully saturated rings. The maximum Gasteiger partial charge on any atom is -0.00946 e. The second-order valence-corrected chi connectivity index (χ2v) is 2.41. The summed E-state index contributed by atoms with van der Waals surface area (Å²) >= 11 is 0. The van der Waals surface area contributed by atoms with Crippen LogP contribution in [0.5, 0.6) is 0 Å². The first kappa shape index (κ1) is 7.33. The highest BCUT2D eigenvalue weighted by Crippen LogP contribution is 2.00. The number of hydrogen-bond donors (Lipinski definition) is 0. The molecule has 1 rings (SSSR count). The third-order valence-electron chi connectivity index (χ3n) is 1.49. The van der Waals surface area contributed by atoms with Crippen LogP contribution in [0.25, 0.3) is 0 Å². The minimum Gasteiger partial charge on any atom is -0.0882 e. The Balaban J connectivity index is 2.38. The summed E-state index contributed by atoms with van der Waals surface area (Å²) in [6.07, 6.45) is 18.5. The van der Waals surface area contributed by atoms with Gasteiger partial charge in [-0.2, -0.15) is 0 Å². The van der Waals surface area contributed by atoms with Crippen molar-refractivity contribution in [2.45, 2.75) is 25.7 Å². The van der Waals surface area contributed by atoms with Gasteiger partial charge in [-0.15, -0.1) is 0 Å². The fourth-order valence-electron chi connectivity index (χ4n) is 0.923. The highest BCUT2D eigenvalue weighted by atomic mass is 13.9. The van der Waals surface area contributed by atoms with Gasteiger partial charge >= 0.3 is 0 Å². The molecule has 1 aliphatic rings. The summed E-state index contributed by atoms with van der Waals surface area (Å²) in [4.78, 5) is 0. The van der Waals surface area contributed by atoms with E-state index in [0.29, 0.717) is 0 Å². The third-order valence-corrected chi connectivity index (χ3v) is 1.49. The molecule has 53 valence electrons. The van der Waals surface area contributed by atoms with E-state index in [9.17, 15) is 0 Å². The van der Waals surface area contributed by atoms with Gasteiger partial charge in [0.1, 0.15) is 0 Å². The predicted octanol–water partition coefficient (Wildman–Crippen LogP) is 3.03. The predicted molar refractivity (Wildman–Crippen MR) is 44.6 cm³/mol. The van der Waals surface area contributed by atoms with Gasteiger partial charge in [0.05, 0.1) is 0 Å². The van der Waals surface area contributed by atoms with Gasteiger partial charge in [0.2, 0.25) is 0 Å². The van der Waals surface area contributed by atoms with Crippen LogP contribution in [0.15, 0.2) is 30.4 Å². The molecule has 0 aromatic carbocycles. The number of hydrogen-bond acceptors (Lipinski definition) is 0. The molecule has 0 saturated heterocycles. The lowest BCUT2D eigenvalue weighted by Gasteiger charge is -1.90. The van der Waals surface area contributed by atoms with E-state index in [1.165, 1.54) is 19.3 Å². The lowest BCUT2D eigenvalue weighted by molar-refractivity contribution is 0.864. The maximum absolute atomic E-state index is 3.16. The van der Waals surface area contributed by atoms with Crippen LogP contribution in [0.4, 0.5) is 0 Å². The van der Waals surface area contributed by atoms with E-state index < -0.39 is 0 Å². The second-order valence-electron chi connectivity index (χ2n) is 2.41. The normalized spacial score (nSPS) is 28.8. The minimum atomic E-state index is 0.963. The smallest absolute Gasteiger partial charge is 0.00946 e. The Morgan fingerprint density at radius 2 is 1.90 bits per heavy atom. The van der Waals surface area contributed by atoms with E-state index in [2.05, 4.69) is 30.4 Å². The SMILES string of the molecule is [C]1=C\C=C\CCC/C=C/C/1. The minimum absolute atomic E-state index is 0.963. The van der Waals surface area contributed by atoms with E-state index in [0.717, 1.165) is 6.42 Å². The fourth-order valence-corrected chi connectivity index (χ4v) is 0.923. The number of allylic oxidation sites excluding steroid dienone is 6. The summed E-state index contributed by atoms with van der Waals surface area (Å²) in [6, 6.07) is 0. The standard InChI is InChI=1S/C10H13/c1-2-4-6-8-10-9-7-5-3-1/h1-3,9-10H,4,6-8H2/b2-1+,5-3?,10-9+. The molecule has 0 amide bonds. The molecule has 0 unspecified atom stereocenters. The topological polar surface area (TPSA) is 0 Å². The average molecular weight is 133 g/mol. The fraction of sp³-hybridized carbons (Fsp3) is 0.400. The zero-order valence-corrected chi connectivity index (χ0v) is 6.22. The summed E-state index contributed by atoms with van der Waals surface area (Å²) < 4.78 is 0. The molecule has 0 heteroatoms.